The third-order valence-corrected chi connectivity index (χ3v) is 4.50. The molecule has 1 heterocycles. The number of rotatable bonds is 6. The Hall–Kier alpha value is -2.57. The van der Waals surface area contributed by atoms with Crippen molar-refractivity contribution in [2.24, 2.45) is 16.1 Å². The highest BCUT2D eigenvalue weighted by molar-refractivity contribution is 6.35. The van der Waals surface area contributed by atoms with Gasteiger partial charge in [-0.15, -0.1) is 10.2 Å². The van der Waals surface area contributed by atoms with Gasteiger partial charge in [0.2, 0.25) is 5.88 Å². The molecule has 1 N–H and O–H groups in total. The van der Waals surface area contributed by atoms with Gasteiger partial charge in [-0.2, -0.15) is 0 Å². The van der Waals surface area contributed by atoms with E-state index >= 15 is 0 Å². The van der Waals surface area contributed by atoms with Crippen molar-refractivity contribution >= 4 is 45.7 Å². The van der Waals surface area contributed by atoms with Crippen molar-refractivity contribution in [1.82, 2.24) is 4.57 Å². The molecule has 0 saturated carbocycles. The van der Waals surface area contributed by atoms with E-state index < -0.39 is 5.91 Å². The predicted octanol–water partition coefficient (Wildman–Crippen LogP) is 6.00. The first kappa shape index (κ1) is 20.2. The number of aromatic hydroxyl groups is 1. The normalized spacial score (nSPS) is 11.6. The second kappa shape index (κ2) is 8.63. The quantitative estimate of drug-likeness (QED) is 0.497. The number of amides is 1. The van der Waals surface area contributed by atoms with Crippen LogP contribution in [0.5, 0.6) is 11.6 Å². The molecule has 8 heteroatoms. The van der Waals surface area contributed by atoms with Gasteiger partial charge >= 0.3 is 5.91 Å². The summed E-state index contributed by atoms with van der Waals surface area (Å²) in [5, 5.41) is 19.7. The SMILES string of the molecule is CC(C)Cn1c(O)c(N=NC(=O)COc2ccc(Cl)cc2Cl)c2ccccc21. The molecule has 0 fully saturated rings. The highest BCUT2D eigenvalue weighted by Crippen LogP contribution is 2.39. The highest BCUT2D eigenvalue weighted by Gasteiger charge is 2.17. The third-order valence-electron chi connectivity index (χ3n) is 3.97. The molecule has 0 aliphatic heterocycles. The number of hydrogen-bond acceptors (Lipinski definition) is 4. The summed E-state index contributed by atoms with van der Waals surface area (Å²) in [5.74, 6) is 0.0240. The molecule has 146 valence electrons. The summed E-state index contributed by atoms with van der Waals surface area (Å²) in [7, 11) is 0. The maximum Gasteiger partial charge on any atom is 0.302 e. The van der Waals surface area contributed by atoms with E-state index in [0.29, 0.717) is 28.3 Å². The largest absolute Gasteiger partial charge is 0.493 e. The maximum absolute atomic E-state index is 12.1. The predicted molar refractivity (Wildman–Crippen MR) is 110 cm³/mol. The first-order chi connectivity index (χ1) is 13.4. The first-order valence-corrected chi connectivity index (χ1v) is 9.45. The van der Waals surface area contributed by atoms with Crippen LogP contribution in [0.1, 0.15) is 13.8 Å². The summed E-state index contributed by atoms with van der Waals surface area (Å²) >= 11 is 11.8. The van der Waals surface area contributed by atoms with Crippen LogP contribution in [0, 0.1) is 5.92 Å². The topological polar surface area (TPSA) is 76.2 Å². The number of para-hydroxylation sites is 1. The molecule has 1 amide bonds. The number of hydrogen-bond donors (Lipinski definition) is 1. The van der Waals surface area contributed by atoms with Crippen LogP contribution in [-0.4, -0.2) is 22.2 Å². The van der Waals surface area contributed by atoms with Gasteiger partial charge in [0, 0.05) is 17.0 Å². The Morgan fingerprint density at radius 2 is 1.96 bits per heavy atom. The lowest BCUT2D eigenvalue weighted by molar-refractivity contribution is -0.120. The molecule has 0 unspecified atom stereocenters. The number of benzene rings is 2. The lowest BCUT2D eigenvalue weighted by atomic mass is 10.2. The van der Waals surface area contributed by atoms with Gasteiger partial charge in [-0.25, -0.2) is 0 Å². The number of fused-ring (bicyclic) bond motifs is 1. The highest BCUT2D eigenvalue weighted by atomic mass is 35.5. The van der Waals surface area contributed by atoms with E-state index in [1.807, 2.05) is 24.3 Å². The van der Waals surface area contributed by atoms with Crippen molar-refractivity contribution in [3.05, 3.63) is 52.5 Å². The van der Waals surface area contributed by atoms with Crippen LogP contribution in [0.15, 0.2) is 52.7 Å². The minimum atomic E-state index is -0.605. The third kappa shape index (κ3) is 4.46. The van der Waals surface area contributed by atoms with E-state index in [0.717, 1.165) is 10.9 Å². The zero-order chi connectivity index (χ0) is 20.3. The number of ether oxygens (including phenoxy) is 1. The lowest BCUT2D eigenvalue weighted by Gasteiger charge is -2.09. The first-order valence-electron chi connectivity index (χ1n) is 8.69. The number of carbonyl (C=O) groups excluding carboxylic acids is 1. The van der Waals surface area contributed by atoms with Crippen LogP contribution in [0.25, 0.3) is 10.9 Å². The van der Waals surface area contributed by atoms with E-state index in [9.17, 15) is 9.90 Å². The van der Waals surface area contributed by atoms with Crippen molar-refractivity contribution in [3.63, 3.8) is 0 Å². The van der Waals surface area contributed by atoms with Gasteiger partial charge in [0.05, 0.1) is 10.5 Å². The van der Waals surface area contributed by atoms with Crippen molar-refractivity contribution in [2.75, 3.05) is 6.61 Å². The van der Waals surface area contributed by atoms with E-state index in [-0.39, 0.29) is 18.2 Å². The summed E-state index contributed by atoms with van der Waals surface area (Å²) in [6.07, 6.45) is 0. The Morgan fingerprint density at radius 1 is 1.21 bits per heavy atom. The molecule has 0 bridgehead atoms. The molecular formula is C20H19Cl2N3O3. The summed E-state index contributed by atoms with van der Waals surface area (Å²) in [6.45, 7) is 4.39. The van der Waals surface area contributed by atoms with E-state index in [1.54, 1.807) is 16.7 Å². The number of aromatic nitrogens is 1. The van der Waals surface area contributed by atoms with Crippen LogP contribution in [0.3, 0.4) is 0 Å². The molecule has 0 radical (unpaired) electrons. The Kier molecular flexibility index (Phi) is 6.21. The minimum Gasteiger partial charge on any atom is -0.493 e. The van der Waals surface area contributed by atoms with Gasteiger partial charge in [0.15, 0.2) is 12.3 Å². The summed E-state index contributed by atoms with van der Waals surface area (Å²) in [4.78, 5) is 12.1. The van der Waals surface area contributed by atoms with E-state index in [4.69, 9.17) is 27.9 Å². The van der Waals surface area contributed by atoms with Crippen molar-refractivity contribution in [2.45, 2.75) is 20.4 Å². The Morgan fingerprint density at radius 3 is 2.68 bits per heavy atom. The average molecular weight is 420 g/mol. The zero-order valence-electron chi connectivity index (χ0n) is 15.4. The van der Waals surface area contributed by atoms with Gasteiger partial charge in [-0.3, -0.25) is 4.79 Å². The molecule has 3 aromatic rings. The smallest absolute Gasteiger partial charge is 0.302 e. The molecule has 0 saturated heterocycles. The van der Waals surface area contributed by atoms with E-state index in [2.05, 4.69) is 24.1 Å². The Bertz CT molecular complexity index is 1040. The molecular weight excluding hydrogens is 401 g/mol. The number of halogens is 2. The second-order valence-electron chi connectivity index (χ2n) is 6.65. The summed E-state index contributed by atoms with van der Waals surface area (Å²) in [5.41, 5.74) is 1.09. The molecule has 2 aromatic carbocycles. The molecule has 3 rings (SSSR count). The summed E-state index contributed by atoms with van der Waals surface area (Å²) < 4.78 is 7.12. The van der Waals surface area contributed by atoms with Crippen LogP contribution in [0.4, 0.5) is 5.69 Å². The molecule has 0 aliphatic rings. The van der Waals surface area contributed by atoms with Crippen LogP contribution < -0.4 is 4.74 Å². The van der Waals surface area contributed by atoms with E-state index in [1.165, 1.54) is 6.07 Å². The molecule has 0 spiro atoms. The van der Waals surface area contributed by atoms with Gasteiger partial charge in [0.25, 0.3) is 0 Å². The van der Waals surface area contributed by atoms with Gasteiger partial charge in [-0.05, 0) is 30.2 Å². The summed E-state index contributed by atoms with van der Waals surface area (Å²) in [6, 6.07) is 12.1. The van der Waals surface area contributed by atoms with Crippen molar-refractivity contribution < 1.29 is 14.6 Å². The van der Waals surface area contributed by atoms with Gasteiger partial charge in [0.1, 0.15) is 5.75 Å². The standard InChI is InChI=1S/C20H19Cl2N3O3/c1-12(2)10-25-16-6-4-3-5-14(16)19(20(25)27)24-23-18(26)11-28-17-8-7-13(21)9-15(17)22/h3-9,12,27H,10-11H2,1-2H3. The Balaban J connectivity index is 1.79. The van der Waals surface area contributed by atoms with Crippen LogP contribution >= 0.6 is 23.2 Å². The molecule has 1 aromatic heterocycles. The molecule has 28 heavy (non-hydrogen) atoms. The number of nitrogens with zero attached hydrogens (tertiary/aromatic N) is 3. The fraction of sp³-hybridized carbons (Fsp3) is 0.250. The Labute approximate surface area is 172 Å². The fourth-order valence-corrected chi connectivity index (χ4v) is 3.25. The fourth-order valence-electron chi connectivity index (χ4n) is 2.79. The zero-order valence-corrected chi connectivity index (χ0v) is 16.9. The number of carbonyl (C=O) groups is 1. The second-order valence-corrected chi connectivity index (χ2v) is 7.49. The van der Waals surface area contributed by atoms with Crippen LogP contribution in [-0.2, 0) is 11.3 Å². The maximum atomic E-state index is 12.1. The van der Waals surface area contributed by atoms with Gasteiger partial charge < -0.3 is 14.4 Å². The van der Waals surface area contributed by atoms with Crippen LogP contribution in [0.2, 0.25) is 10.0 Å². The molecule has 0 aliphatic carbocycles. The molecule has 0 atom stereocenters. The monoisotopic (exact) mass is 419 g/mol. The molecule has 6 nitrogen and oxygen atoms in total. The van der Waals surface area contributed by atoms with Crippen molar-refractivity contribution in [3.8, 4) is 11.6 Å². The van der Waals surface area contributed by atoms with Gasteiger partial charge in [-0.1, -0.05) is 55.2 Å². The minimum absolute atomic E-state index is 0.0203. The lowest BCUT2D eigenvalue weighted by Crippen LogP contribution is -2.08. The van der Waals surface area contributed by atoms with Crippen molar-refractivity contribution in [1.29, 1.82) is 0 Å². The average Bonchev–Trinajstić information content (AvgIpc) is 2.90. The number of azo groups is 1.